The maximum atomic E-state index is 5.00. The van der Waals surface area contributed by atoms with Gasteiger partial charge in [-0.25, -0.2) is 4.98 Å². The molecular weight excluding hydrogens is 428 g/mol. The summed E-state index contributed by atoms with van der Waals surface area (Å²) in [5, 5.41) is 5.61. The standard InChI is InChI=1S/C26H26N6S/c1-6-16(13-17(7-2)32(4)5)20-14-18-21(15-28-20)31-26(18,3)25-29-19-10-11-27-24(23(19)30-25)22-9-8-12-33-22/h6-15,31H,2H2,1,3-5H3,(H,29,30)/b16-6+,17-13+. The number of imidazole rings is 1. The molecule has 5 heterocycles. The summed E-state index contributed by atoms with van der Waals surface area (Å²) < 4.78 is 0. The number of fused-ring (bicyclic) bond motifs is 2. The average Bonchev–Trinajstić information content (AvgIpc) is 3.49. The molecule has 1 unspecified atom stereocenters. The Kier molecular flexibility index (Phi) is 5.13. The maximum Gasteiger partial charge on any atom is 0.137 e. The second-order valence-electron chi connectivity index (χ2n) is 8.40. The molecular formula is C26H26N6S. The molecule has 6 nitrogen and oxygen atoms in total. The van der Waals surface area contributed by atoms with Gasteiger partial charge in [-0.1, -0.05) is 18.7 Å². The first-order chi connectivity index (χ1) is 15.9. The Hall–Kier alpha value is -3.71. The van der Waals surface area contributed by atoms with Crippen molar-refractivity contribution >= 4 is 33.6 Å². The number of anilines is 1. The number of likely N-dealkylation sites (N-methyl/N-ethyl adjacent to an activating group) is 1. The maximum absolute atomic E-state index is 5.00. The molecule has 33 heavy (non-hydrogen) atoms. The monoisotopic (exact) mass is 454 g/mol. The molecule has 5 rings (SSSR count). The highest BCUT2D eigenvalue weighted by Crippen LogP contribution is 2.46. The third-order valence-electron chi connectivity index (χ3n) is 6.09. The molecule has 4 aromatic rings. The summed E-state index contributed by atoms with van der Waals surface area (Å²) >= 11 is 1.67. The van der Waals surface area contributed by atoms with E-state index in [-0.39, 0.29) is 0 Å². The van der Waals surface area contributed by atoms with Gasteiger partial charge in [-0.15, -0.1) is 11.3 Å². The molecule has 7 heteroatoms. The van der Waals surface area contributed by atoms with Crippen molar-refractivity contribution in [2.75, 3.05) is 19.4 Å². The Morgan fingerprint density at radius 2 is 2.09 bits per heavy atom. The van der Waals surface area contributed by atoms with Crippen molar-refractivity contribution < 1.29 is 0 Å². The van der Waals surface area contributed by atoms with Crippen LogP contribution in [0.15, 0.2) is 72.5 Å². The first-order valence-corrected chi connectivity index (χ1v) is 11.7. The van der Waals surface area contributed by atoms with Gasteiger partial charge >= 0.3 is 0 Å². The number of rotatable bonds is 6. The Bertz CT molecular complexity index is 1410. The lowest BCUT2D eigenvalue weighted by Crippen LogP contribution is -2.43. The lowest BCUT2D eigenvalue weighted by molar-refractivity contribution is 0.530. The van der Waals surface area contributed by atoms with Crippen LogP contribution in [0.4, 0.5) is 5.69 Å². The van der Waals surface area contributed by atoms with Gasteiger partial charge in [0.1, 0.15) is 22.6 Å². The van der Waals surface area contributed by atoms with E-state index in [0.29, 0.717) is 0 Å². The van der Waals surface area contributed by atoms with Crippen LogP contribution >= 0.6 is 11.3 Å². The minimum atomic E-state index is -0.440. The van der Waals surface area contributed by atoms with Crippen molar-refractivity contribution in [3.05, 3.63) is 89.6 Å². The van der Waals surface area contributed by atoms with Gasteiger partial charge in [-0.05, 0) is 55.2 Å². The molecule has 0 radical (unpaired) electrons. The van der Waals surface area contributed by atoms with Crippen LogP contribution in [0.3, 0.4) is 0 Å². The van der Waals surface area contributed by atoms with Crippen LogP contribution in [-0.4, -0.2) is 38.9 Å². The second kappa shape index (κ2) is 8.01. The van der Waals surface area contributed by atoms with Gasteiger partial charge < -0.3 is 15.2 Å². The number of nitrogens with one attached hydrogen (secondary N) is 2. The SMILES string of the molecule is C=C/C(=C\C(=C/C)c1cc2c(cn1)NC2(C)c1nc2c(-c3cccs3)nccc2[nH]1)N(C)C. The molecule has 0 spiro atoms. The minimum Gasteiger partial charge on any atom is -0.378 e. The van der Waals surface area contributed by atoms with E-state index in [9.17, 15) is 0 Å². The molecule has 0 aliphatic carbocycles. The number of pyridine rings is 2. The van der Waals surface area contributed by atoms with Crippen LogP contribution in [-0.2, 0) is 5.54 Å². The molecule has 4 aromatic heterocycles. The first kappa shape index (κ1) is 21.2. The van der Waals surface area contributed by atoms with Gasteiger partial charge in [0, 0.05) is 31.6 Å². The quantitative estimate of drug-likeness (QED) is 0.360. The smallest absolute Gasteiger partial charge is 0.137 e. The number of thiophene rings is 1. The van der Waals surface area contributed by atoms with Crippen molar-refractivity contribution in [3.63, 3.8) is 0 Å². The van der Waals surface area contributed by atoms with Gasteiger partial charge in [-0.2, -0.15) is 0 Å². The van der Waals surface area contributed by atoms with E-state index in [4.69, 9.17) is 9.97 Å². The summed E-state index contributed by atoms with van der Waals surface area (Å²) in [5.74, 6) is 0.866. The summed E-state index contributed by atoms with van der Waals surface area (Å²) in [7, 11) is 4.02. The summed E-state index contributed by atoms with van der Waals surface area (Å²) in [6, 6.07) is 8.24. The summed E-state index contributed by atoms with van der Waals surface area (Å²) in [5.41, 5.74) is 7.51. The van der Waals surface area contributed by atoms with Crippen LogP contribution in [0, 0.1) is 0 Å². The van der Waals surface area contributed by atoms with Gasteiger partial charge in [-0.3, -0.25) is 9.97 Å². The molecule has 0 aromatic carbocycles. The third-order valence-corrected chi connectivity index (χ3v) is 6.97. The van der Waals surface area contributed by atoms with E-state index >= 15 is 0 Å². The van der Waals surface area contributed by atoms with Crippen LogP contribution in [0.25, 0.3) is 27.2 Å². The van der Waals surface area contributed by atoms with Crippen molar-refractivity contribution in [2.45, 2.75) is 19.4 Å². The Morgan fingerprint density at radius 1 is 1.24 bits per heavy atom. The molecule has 0 amide bonds. The number of nitrogens with zero attached hydrogens (tertiary/aromatic N) is 4. The Labute approximate surface area is 197 Å². The molecule has 2 N–H and O–H groups in total. The Balaban J connectivity index is 1.56. The number of aromatic nitrogens is 4. The van der Waals surface area contributed by atoms with Gasteiger partial charge in [0.05, 0.1) is 28.0 Å². The second-order valence-corrected chi connectivity index (χ2v) is 9.34. The predicted octanol–water partition coefficient (Wildman–Crippen LogP) is 5.81. The first-order valence-electron chi connectivity index (χ1n) is 10.8. The average molecular weight is 455 g/mol. The molecule has 166 valence electrons. The van der Waals surface area contributed by atoms with Crippen molar-refractivity contribution in [3.8, 4) is 10.6 Å². The number of hydrogen-bond acceptors (Lipinski definition) is 6. The van der Waals surface area contributed by atoms with Crippen LogP contribution in [0.1, 0.15) is 30.9 Å². The van der Waals surface area contributed by atoms with Crippen molar-refractivity contribution in [1.29, 1.82) is 0 Å². The van der Waals surface area contributed by atoms with Gasteiger partial charge in [0.25, 0.3) is 0 Å². The number of aromatic amines is 1. The van der Waals surface area contributed by atoms with Crippen molar-refractivity contribution in [2.24, 2.45) is 0 Å². The highest BCUT2D eigenvalue weighted by molar-refractivity contribution is 7.13. The van der Waals surface area contributed by atoms with E-state index in [0.717, 1.165) is 55.6 Å². The van der Waals surface area contributed by atoms with Gasteiger partial charge in [0.2, 0.25) is 0 Å². The van der Waals surface area contributed by atoms with E-state index < -0.39 is 5.54 Å². The zero-order valence-corrected chi connectivity index (χ0v) is 20.0. The molecule has 0 bridgehead atoms. The number of hydrogen-bond donors (Lipinski definition) is 2. The zero-order valence-electron chi connectivity index (χ0n) is 19.2. The van der Waals surface area contributed by atoms with E-state index in [2.05, 4.69) is 58.5 Å². The van der Waals surface area contributed by atoms with Crippen LogP contribution in [0.2, 0.25) is 0 Å². The summed E-state index contributed by atoms with van der Waals surface area (Å²) in [6.45, 7) is 8.11. The third kappa shape index (κ3) is 3.45. The highest BCUT2D eigenvalue weighted by atomic mass is 32.1. The predicted molar refractivity (Wildman–Crippen MR) is 137 cm³/mol. The molecule has 0 fully saturated rings. The molecule has 0 saturated heterocycles. The fraction of sp³-hybridized carbons (Fsp3) is 0.192. The topological polar surface area (TPSA) is 69.7 Å². The van der Waals surface area contributed by atoms with E-state index in [1.807, 2.05) is 56.5 Å². The summed E-state index contributed by atoms with van der Waals surface area (Å²) in [4.78, 5) is 21.0. The lowest BCUT2D eigenvalue weighted by atomic mass is 9.82. The largest absolute Gasteiger partial charge is 0.378 e. The zero-order chi connectivity index (χ0) is 23.2. The minimum absolute atomic E-state index is 0.440. The van der Waals surface area contributed by atoms with Gasteiger partial charge in [0.15, 0.2) is 0 Å². The van der Waals surface area contributed by atoms with Crippen LogP contribution in [0.5, 0.6) is 0 Å². The van der Waals surface area contributed by atoms with Crippen molar-refractivity contribution in [1.82, 2.24) is 24.8 Å². The normalized spacial score (nSPS) is 17.9. The number of allylic oxidation sites excluding steroid dienone is 4. The van der Waals surface area contributed by atoms with E-state index in [1.165, 1.54) is 0 Å². The molecule has 1 aliphatic heterocycles. The fourth-order valence-electron chi connectivity index (χ4n) is 4.19. The Morgan fingerprint density at radius 3 is 2.79 bits per heavy atom. The lowest BCUT2D eigenvalue weighted by Gasteiger charge is -2.41. The fourth-order valence-corrected chi connectivity index (χ4v) is 4.91. The highest BCUT2D eigenvalue weighted by Gasteiger charge is 2.43. The molecule has 1 aliphatic rings. The molecule has 1 atom stereocenters. The molecule has 0 saturated carbocycles. The van der Waals surface area contributed by atoms with Crippen LogP contribution < -0.4 is 5.32 Å². The summed E-state index contributed by atoms with van der Waals surface area (Å²) in [6.07, 6.45) is 9.76. The number of H-pyrrole nitrogens is 1. The van der Waals surface area contributed by atoms with E-state index in [1.54, 1.807) is 11.3 Å².